The summed E-state index contributed by atoms with van der Waals surface area (Å²) in [6.45, 7) is 2.77. The van der Waals surface area contributed by atoms with Gasteiger partial charge in [-0.1, -0.05) is 12.1 Å². The highest BCUT2D eigenvalue weighted by Crippen LogP contribution is 2.31. The van der Waals surface area contributed by atoms with Gasteiger partial charge in [0.1, 0.15) is 0 Å². The summed E-state index contributed by atoms with van der Waals surface area (Å²) in [5.74, 6) is -1.43. The van der Waals surface area contributed by atoms with Crippen LogP contribution in [-0.4, -0.2) is 30.8 Å². The molecule has 0 fully saturated rings. The average molecular weight is 357 g/mol. The molecule has 2 aromatic rings. The molecule has 3 amide bonds. The van der Waals surface area contributed by atoms with Crippen LogP contribution in [0.4, 0.5) is 11.4 Å². The lowest BCUT2D eigenvalue weighted by molar-refractivity contribution is -0.136. The van der Waals surface area contributed by atoms with Crippen molar-refractivity contribution in [3.63, 3.8) is 0 Å². The van der Waals surface area contributed by atoms with Crippen molar-refractivity contribution in [1.82, 2.24) is 5.32 Å². The predicted molar refractivity (Wildman–Crippen MR) is 98.1 cm³/mol. The average Bonchev–Trinajstić information content (AvgIpc) is 3.15. The highest BCUT2D eigenvalue weighted by Gasteiger charge is 2.25. The van der Waals surface area contributed by atoms with Crippen LogP contribution in [-0.2, 0) is 16.0 Å². The van der Waals surface area contributed by atoms with E-state index in [0.717, 1.165) is 24.1 Å². The molecule has 0 unspecified atom stereocenters. The van der Waals surface area contributed by atoms with Gasteiger partial charge in [0.05, 0.1) is 4.88 Å². The number of likely N-dealkylation sites (N-methyl/N-ethyl adjacent to an activating group) is 1. The smallest absolute Gasteiger partial charge is 0.313 e. The van der Waals surface area contributed by atoms with Gasteiger partial charge in [0, 0.05) is 24.5 Å². The van der Waals surface area contributed by atoms with E-state index in [0.29, 0.717) is 23.7 Å². The summed E-state index contributed by atoms with van der Waals surface area (Å²) < 4.78 is 0. The zero-order chi connectivity index (χ0) is 17.8. The Morgan fingerprint density at radius 2 is 2.04 bits per heavy atom. The van der Waals surface area contributed by atoms with Crippen LogP contribution in [0, 0.1) is 0 Å². The van der Waals surface area contributed by atoms with Gasteiger partial charge in [-0.3, -0.25) is 14.4 Å². The fourth-order valence-corrected chi connectivity index (χ4v) is 3.50. The fourth-order valence-electron chi connectivity index (χ4n) is 2.83. The Morgan fingerprint density at radius 3 is 2.76 bits per heavy atom. The van der Waals surface area contributed by atoms with Gasteiger partial charge < -0.3 is 15.5 Å². The number of aryl methyl sites for hydroxylation is 1. The molecule has 2 N–H and O–H groups in total. The van der Waals surface area contributed by atoms with E-state index >= 15 is 0 Å². The highest BCUT2D eigenvalue weighted by atomic mass is 32.1. The third kappa shape index (κ3) is 3.71. The molecule has 1 aromatic heterocycles. The summed E-state index contributed by atoms with van der Waals surface area (Å²) >= 11 is 1.41. The first kappa shape index (κ1) is 17.2. The molecule has 7 heteroatoms. The fraction of sp³-hybridized carbons (Fsp3) is 0.278. The second-order valence-electron chi connectivity index (χ2n) is 5.69. The van der Waals surface area contributed by atoms with E-state index in [-0.39, 0.29) is 5.91 Å². The maximum atomic E-state index is 12.7. The molecule has 2 heterocycles. The van der Waals surface area contributed by atoms with E-state index < -0.39 is 11.8 Å². The molecule has 6 nitrogen and oxygen atoms in total. The Morgan fingerprint density at radius 1 is 1.20 bits per heavy atom. The quantitative estimate of drug-likeness (QED) is 0.828. The molecule has 130 valence electrons. The SMILES string of the molecule is CCNC(=O)C(=O)Nc1ccc2c(c1)N(C(=O)c1cccs1)CCC2. The van der Waals surface area contributed by atoms with Crippen LogP contribution in [0.3, 0.4) is 0 Å². The minimum Gasteiger partial charge on any atom is -0.348 e. The van der Waals surface area contributed by atoms with E-state index in [1.165, 1.54) is 11.3 Å². The molecule has 25 heavy (non-hydrogen) atoms. The summed E-state index contributed by atoms with van der Waals surface area (Å²) in [7, 11) is 0. The highest BCUT2D eigenvalue weighted by molar-refractivity contribution is 7.12. The van der Waals surface area contributed by atoms with Crippen molar-refractivity contribution in [3.8, 4) is 0 Å². The van der Waals surface area contributed by atoms with Crippen molar-refractivity contribution in [2.45, 2.75) is 19.8 Å². The summed E-state index contributed by atoms with van der Waals surface area (Å²) in [4.78, 5) is 38.6. The van der Waals surface area contributed by atoms with Gasteiger partial charge in [-0.15, -0.1) is 11.3 Å². The number of anilines is 2. The van der Waals surface area contributed by atoms with E-state index in [2.05, 4.69) is 10.6 Å². The van der Waals surface area contributed by atoms with Crippen LogP contribution in [0.15, 0.2) is 35.7 Å². The number of thiophene rings is 1. The van der Waals surface area contributed by atoms with Crippen molar-refractivity contribution in [2.75, 3.05) is 23.3 Å². The summed E-state index contributed by atoms with van der Waals surface area (Å²) in [6.07, 6.45) is 1.78. The largest absolute Gasteiger partial charge is 0.348 e. The summed E-state index contributed by atoms with van der Waals surface area (Å²) in [5, 5.41) is 6.92. The molecule has 0 bridgehead atoms. The van der Waals surface area contributed by atoms with E-state index in [1.807, 2.05) is 23.6 Å². The van der Waals surface area contributed by atoms with E-state index in [4.69, 9.17) is 0 Å². The Bertz CT molecular complexity index is 802. The van der Waals surface area contributed by atoms with Crippen LogP contribution in [0.1, 0.15) is 28.6 Å². The standard InChI is InChI=1S/C18H19N3O3S/c1-2-19-16(22)17(23)20-13-8-7-12-5-3-9-21(14(12)11-13)18(24)15-6-4-10-25-15/h4,6-8,10-11H,2-3,5,9H2,1H3,(H,19,22)(H,20,23). The number of hydrogen-bond donors (Lipinski definition) is 2. The predicted octanol–water partition coefficient (Wildman–Crippen LogP) is 2.42. The van der Waals surface area contributed by atoms with Crippen LogP contribution in [0.5, 0.6) is 0 Å². The van der Waals surface area contributed by atoms with Crippen molar-refractivity contribution in [1.29, 1.82) is 0 Å². The Labute approximate surface area is 149 Å². The number of rotatable bonds is 3. The lowest BCUT2D eigenvalue weighted by Gasteiger charge is -2.29. The number of nitrogens with one attached hydrogen (secondary N) is 2. The number of benzene rings is 1. The Hall–Kier alpha value is -2.67. The number of carbonyl (C=O) groups excluding carboxylic acids is 3. The van der Waals surface area contributed by atoms with Gasteiger partial charge in [0.15, 0.2) is 0 Å². The van der Waals surface area contributed by atoms with Crippen LogP contribution in [0.2, 0.25) is 0 Å². The minimum atomic E-state index is -0.714. The first-order valence-electron chi connectivity index (χ1n) is 8.17. The molecule has 3 rings (SSSR count). The molecule has 0 saturated carbocycles. The first-order valence-corrected chi connectivity index (χ1v) is 9.05. The molecule has 0 saturated heterocycles. The number of fused-ring (bicyclic) bond motifs is 1. The zero-order valence-corrected chi connectivity index (χ0v) is 14.7. The van der Waals surface area contributed by atoms with Crippen LogP contribution < -0.4 is 15.5 Å². The molecule has 0 aliphatic carbocycles. The maximum absolute atomic E-state index is 12.7. The van der Waals surface area contributed by atoms with Crippen molar-refractivity contribution < 1.29 is 14.4 Å². The van der Waals surface area contributed by atoms with Crippen molar-refractivity contribution in [2.24, 2.45) is 0 Å². The van der Waals surface area contributed by atoms with Crippen LogP contribution >= 0.6 is 11.3 Å². The minimum absolute atomic E-state index is 0.0387. The molecule has 1 aliphatic heterocycles. The van der Waals surface area contributed by atoms with Gasteiger partial charge in [-0.05, 0) is 48.9 Å². The van der Waals surface area contributed by atoms with Gasteiger partial charge in [0.25, 0.3) is 5.91 Å². The van der Waals surface area contributed by atoms with Gasteiger partial charge >= 0.3 is 11.8 Å². The molecule has 1 aliphatic rings. The molecule has 0 spiro atoms. The molecule has 0 radical (unpaired) electrons. The van der Waals surface area contributed by atoms with E-state index in [1.54, 1.807) is 24.0 Å². The zero-order valence-electron chi connectivity index (χ0n) is 13.9. The number of nitrogens with zero attached hydrogens (tertiary/aromatic N) is 1. The summed E-state index contributed by atoms with van der Waals surface area (Å²) in [5.41, 5.74) is 2.35. The lowest BCUT2D eigenvalue weighted by Crippen LogP contribution is -2.36. The van der Waals surface area contributed by atoms with Crippen molar-refractivity contribution in [3.05, 3.63) is 46.2 Å². The Balaban J connectivity index is 1.84. The maximum Gasteiger partial charge on any atom is 0.313 e. The van der Waals surface area contributed by atoms with Crippen LogP contribution in [0.25, 0.3) is 0 Å². The third-order valence-corrected chi connectivity index (χ3v) is 4.84. The second-order valence-corrected chi connectivity index (χ2v) is 6.64. The third-order valence-electron chi connectivity index (χ3n) is 3.98. The number of carbonyl (C=O) groups is 3. The molecular formula is C18H19N3O3S. The van der Waals surface area contributed by atoms with Gasteiger partial charge in [-0.25, -0.2) is 0 Å². The van der Waals surface area contributed by atoms with Crippen molar-refractivity contribution >= 4 is 40.4 Å². The topological polar surface area (TPSA) is 78.5 Å². The monoisotopic (exact) mass is 357 g/mol. The Kier molecular flexibility index (Phi) is 5.14. The normalized spacial score (nSPS) is 13.1. The molecule has 0 atom stereocenters. The molecular weight excluding hydrogens is 338 g/mol. The second kappa shape index (κ2) is 7.48. The van der Waals surface area contributed by atoms with Gasteiger partial charge in [-0.2, -0.15) is 0 Å². The van der Waals surface area contributed by atoms with E-state index in [9.17, 15) is 14.4 Å². The first-order chi connectivity index (χ1) is 12.1. The number of amides is 3. The molecule has 1 aromatic carbocycles. The summed E-state index contributed by atoms with van der Waals surface area (Å²) in [6, 6.07) is 9.08. The van der Waals surface area contributed by atoms with Gasteiger partial charge in [0.2, 0.25) is 0 Å². The lowest BCUT2D eigenvalue weighted by atomic mass is 10.0. The number of hydrogen-bond acceptors (Lipinski definition) is 4.